The monoisotopic (exact) mass is 298 g/mol. The summed E-state index contributed by atoms with van der Waals surface area (Å²) in [7, 11) is -1.61. The van der Waals surface area contributed by atoms with Crippen LogP contribution in [0.1, 0.15) is 42.6 Å². The predicted molar refractivity (Wildman–Crippen MR) is 83.7 cm³/mol. The lowest BCUT2D eigenvalue weighted by Crippen LogP contribution is -2.26. The molecular weight excluding hydrogens is 276 g/mol. The predicted octanol–water partition coefficient (Wildman–Crippen LogP) is 4.93. The summed E-state index contributed by atoms with van der Waals surface area (Å²) in [5, 5.41) is 8.86. The van der Waals surface area contributed by atoms with Gasteiger partial charge in [0.2, 0.25) is 0 Å². The van der Waals surface area contributed by atoms with Gasteiger partial charge < -0.3 is 5.11 Å². The number of carbonyl (C=O) groups is 1. The van der Waals surface area contributed by atoms with Crippen molar-refractivity contribution in [3.8, 4) is 0 Å². The van der Waals surface area contributed by atoms with E-state index in [1.165, 1.54) is 17.7 Å². The normalized spacial score (nSPS) is 11.5. The number of hydrogen-bond donors (Lipinski definition) is 1. The van der Waals surface area contributed by atoms with E-state index in [4.69, 9.17) is 16.2 Å². The molecule has 0 saturated carbocycles. The van der Waals surface area contributed by atoms with E-state index in [-0.39, 0.29) is 0 Å². The van der Waals surface area contributed by atoms with Crippen LogP contribution in [0.25, 0.3) is 0 Å². The van der Waals surface area contributed by atoms with Gasteiger partial charge in [-0.1, -0.05) is 38.8 Å². The lowest BCUT2D eigenvalue weighted by molar-refractivity contribution is 0.0697. The molecule has 0 aliphatic carbocycles. The number of benzene rings is 1. The first-order chi connectivity index (χ1) is 9.00. The fraction of sp³-hybridized carbons (Fsp3) is 0.533. The Balaban J connectivity index is 2.61. The van der Waals surface area contributed by atoms with Crippen LogP contribution in [0.5, 0.6) is 0 Å². The first-order valence-corrected chi connectivity index (χ1v) is 10.6. The van der Waals surface area contributed by atoms with Gasteiger partial charge >= 0.3 is 5.97 Å². The average Bonchev–Trinajstić information content (AvgIpc) is 2.37. The van der Waals surface area contributed by atoms with Gasteiger partial charge in [0, 0.05) is 0 Å². The van der Waals surface area contributed by atoms with Crippen molar-refractivity contribution >= 4 is 24.4 Å². The Morgan fingerprint density at radius 3 is 2.05 bits per heavy atom. The van der Waals surface area contributed by atoms with E-state index in [0.29, 0.717) is 5.56 Å². The quantitative estimate of drug-likeness (QED) is 0.545. The molecule has 1 rings (SSSR count). The van der Waals surface area contributed by atoms with Crippen LogP contribution in [0.15, 0.2) is 24.3 Å². The maximum atomic E-state index is 10.8. The van der Waals surface area contributed by atoms with Crippen LogP contribution in [-0.2, 0) is 6.42 Å². The van der Waals surface area contributed by atoms with E-state index in [2.05, 4.69) is 13.8 Å². The van der Waals surface area contributed by atoms with E-state index in [1.54, 1.807) is 12.1 Å². The van der Waals surface area contributed by atoms with Crippen molar-refractivity contribution in [2.75, 3.05) is 0 Å². The largest absolute Gasteiger partial charge is 0.478 e. The second kappa shape index (κ2) is 7.71. The third kappa shape index (κ3) is 5.37. The highest BCUT2D eigenvalue weighted by Gasteiger charge is 2.28. The van der Waals surface area contributed by atoms with Gasteiger partial charge in [0.05, 0.1) is 5.56 Å². The van der Waals surface area contributed by atoms with Gasteiger partial charge in [-0.15, -0.1) is 0 Å². The van der Waals surface area contributed by atoms with Crippen LogP contribution in [0.4, 0.5) is 0 Å². The number of rotatable bonds is 8. The summed E-state index contributed by atoms with van der Waals surface area (Å²) in [5.74, 6) is -0.871. The Bertz CT molecular complexity index is 397. The summed E-state index contributed by atoms with van der Waals surface area (Å²) in [4.78, 5) is 10.8. The van der Waals surface area contributed by atoms with E-state index < -0.39 is 13.4 Å². The Morgan fingerprint density at radius 2 is 1.63 bits per heavy atom. The van der Waals surface area contributed by atoms with Crippen molar-refractivity contribution in [3.63, 3.8) is 0 Å². The number of carboxylic acids is 1. The fourth-order valence-corrected chi connectivity index (χ4v) is 7.15. The lowest BCUT2D eigenvalue weighted by Gasteiger charge is -2.23. The van der Waals surface area contributed by atoms with Crippen LogP contribution in [-0.4, -0.2) is 18.5 Å². The lowest BCUT2D eigenvalue weighted by atomic mass is 10.1. The molecule has 2 nitrogen and oxygen atoms in total. The number of halogens is 1. The second-order valence-corrected chi connectivity index (χ2v) is 11.4. The van der Waals surface area contributed by atoms with Gasteiger partial charge in [-0.05, 0) is 42.2 Å². The summed E-state index contributed by atoms with van der Waals surface area (Å²) in [6.07, 6.45) is 3.29. The topological polar surface area (TPSA) is 37.3 Å². The molecular formula is C15H23ClO2Si. The molecule has 0 spiro atoms. The van der Waals surface area contributed by atoms with Gasteiger partial charge in [0.25, 0.3) is 0 Å². The van der Waals surface area contributed by atoms with Crippen LogP contribution >= 0.6 is 11.1 Å². The molecule has 0 saturated heterocycles. The molecule has 1 N–H and O–H groups in total. The van der Waals surface area contributed by atoms with Crippen molar-refractivity contribution in [3.05, 3.63) is 35.4 Å². The summed E-state index contributed by atoms with van der Waals surface area (Å²) < 4.78 is 0. The molecule has 1 aromatic carbocycles. The molecule has 0 bridgehead atoms. The molecule has 0 unspecified atom stereocenters. The zero-order chi connectivity index (χ0) is 14.3. The molecule has 4 heteroatoms. The molecule has 106 valence electrons. The SMILES string of the molecule is CCC[Si](Cl)(CCC)CCc1ccc(C(=O)O)cc1. The van der Waals surface area contributed by atoms with Gasteiger partial charge in [0.1, 0.15) is 0 Å². The molecule has 0 aliphatic heterocycles. The first-order valence-electron chi connectivity index (χ1n) is 7.02. The van der Waals surface area contributed by atoms with E-state index >= 15 is 0 Å². The smallest absolute Gasteiger partial charge is 0.335 e. The standard InChI is InChI=1S/C15H23ClO2Si/c1-3-10-19(16,11-4-2)12-9-13-5-7-14(8-6-13)15(17)18/h5-8H,3-4,9-12H2,1-2H3,(H,17,18). The Labute approximate surface area is 121 Å². The first kappa shape index (κ1) is 16.3. The molecule has 19 heavy (non-hydrogen) atoms. The molecule has 0 fully saturated rings. The van der Waals surface area contributed by atoms with Crippen molar-refractivity contribution in [2.45, 2.75) is 51.2 Å². The summed E-state index contributed by atoms with van der Waals surface area (Å²) in [5.41, 5.74) is 1.54. The number of carboxylic acid groups (broad SMARTS) is 1. The maximum Gasteiger partial charge on any atom is 0.335 e. The van der Waals surface area contributed by atoms with Gasteiger partial charge in [-0.2, -0.15) is 11.1 Å². The van der Waals surface area contributed by atoms with Crippen LogP contribution < -0.4 is 0 Å². The highest BCUT2D eigenvalue weighted by Crippen LogP contribution is 2.30. The molecule has 0 aliphatic rings. The summed E-state index contributed by atoms with van der Waals surface area (Å²) in [6, 6.07) is 10.6. The molecule has 0 atom stereocenters. The van der Waals surface area contributed by atoms with Crippen molar-refractivity contribution in [2.24, 2.45) is 0 Å². The van der Waals surface area contributed by atoms with Gasteiger partial charge in [-0.3, -0.25) is 0 Å². The summed E-state index contributed by atoms with van der Waals surface area (Å²) in [6.45, 7) is 4.39. The highest BCUT2D eigenvalue weighted by atomic mass is 35.6. The van der Waals surface area contributed by atoms with E-state index in [0.717, 1.165) is 25.3 Å². The third-order valence-corrected chi connectivity index (χ3v) is 9.10. The Kier molecular flexibility index (Phi) is 6.59. The van der Waals surface area contributed by atoms with E-state index in [1.807, 2.05) is 12.1 Å². The Hall–Kier alpha value is -0.803. The zero-order valence-electron chi connectivity index (χ0n) is 11.8. The summed E-state index contributed by atoms with van der Waals surface area (Å²) >= 11 is 6.82. The minimum absolute atomic E-state index is 0.347. The highest BCUT2D eigenvalue weighted by molar-refractivity contribution is 7.20. The van der Waals surface area contributed by atoms with Crippen LogP contribution in [0.2, 0.25) is 18.1 Å². The van der Waals surface area contributed by atoms with Crippen molar-refractivity contribution in [1.82, 2.24) is 0 Å². The molecule has 1 aromatic rings. The average molecular weight is 299 g/mol. The fourth-order valence-electron chi connectivity index (χ4n) is 2.45. The Morgan fingerprint density at radius 1 is 1.11 bits per heavy atom. The third-order valence-electron chi connectivity index (χ3n) is 3.46. The molecule has 0 amide bonds. The minimum atomic E-state index is -1.61. The van der Waals surface area contributed by atoms with Crippen molar-refractivity contribution in [1.29, 1.82) is 0 Å². The zero-order valence-corrected chi connectivity index (χ0v) is 13.5. The van der Waals surface area contributed by atoms with Gasteiger partial charge in [-0.25, -0.2) is 4.79 Å². The minimum Gasteiger partial charge on any atom is -0.478 e. The second-order valence-electron chi connectivity index (χ2n) is 5.15. The van der Waals surface area contributed by atoms with E-state index in [9.17, 15) is 4.79 Å². The van der Waals surface area contributed by atoms with Crippen LogP contribution in [0, 0.1) is 0 Å². The van der Waals surface area contributed by atoms with Crippen LogP contribution in [0.3, 0.4) is 0 Å². The number of aromatic carboxylic acids is 1. The molecule has 0 radical (unpaired) electrons. The molecule has 0 heterocycles. The maximum absolute atomic E-state index is 10.8. The number of hydrogen-bond acceptors (Lipinski definition) is 1. The van der Waals surface area contributed by atoms with Crippen molar-refractivity contribution < 1.29 is 9.90 Å². The molecule has 0 aromatic heterocycles. The van der Waals surface area contributed by atoms with Gasteiger partial charge in [0.15, 0.2) is 7.38 Å². The number of aryl methyl sites for hydroxylation is 1.